The normalized spacial score (nSPS) is 12.0. The van der Waals surface area contributed by atoms with Gasteiger partial charge in [0.1, 0.15) is 17.4 Å². The van der Waals surface area contributed by atoms with Crippen molar-refractivity contribution in [2.24, 2.45) is 0 Å². The lowest BCUT2D eigenvalue weighted by Crippen LogP contribution is -2.25. The summed E-state index contributed by atoms with van der Waals surface area (Å²) in [5, 5.41) is 3.18. The second kappa shape index (κ2) is 8.87. The molecule has 26 heavy (non-hydrogen) atoms. The summed E-state index contributed by atoms with van der Waals surface area (Å²) >= 11 is 6.10. The van der Waals surface area contributed by atoms with Gasteiger partial charge in [0.15, 0.2) is 5.78 Å². The van der Waals surface area contributed by atoms with Crippen molar-refractivity contribution < 1.29 is 14.0 Å². The fraction of sp³-hybridized carbons (Fsp3) is 0.316. The molecule has 0 bridgehead atoms. The van der Waals surface area contributed by atoms with Gasteiger partial charge in [0.05, 0.1) is 10.6 Å². The molecule has 1 aromatic carbocycles. The highest BCUT2D eigenvalue weighted by molar-refractivity contribution is 6.35. The van der Waals surface area contributed by atoms with Crippen molar-refractivity contribution >= 4 is 29.0 Å². The number of aromatic nitrogens is 1. The first-order valence-electron chi connectivity index (χ1n) is 8.32. The van der Waals surface area contributed by atoms with Gasteiger partial charge >= 0.3 is 0 Å². The Morgan fingerprint density at radius 2 is 2.04 bits per heavy atom. The SMILES string of the molecule is CC[C@@H](NCCC(C)=O)c1ccc(Cl)c(C(=O)c2ccc(N)nc2)c1F. The Labute approximate surface area is 156 Å². The molecule has 0 unspecified atom stereocenters. The van der Waals surface area contributed by atoms with Crippen molar-refractivity contribution in [1.82, 2.24) is 10.3 Å². The Kier molecular flexibility index (Phi) is 6.83. The summed E-state index contributed by atoms with van der Waals surface area (Å²) in [6, 6.07) is 5.69. The molecule has 7 heteroatoms. The van der Waals surface area contributed by atoms with Gasteiger partial charge < -0.3 is 11.1 Å². The number of anilines is 1. The number of Topliss-reactive ketones (excluding diaryl/α,β-unsaturated/α-hetero) is 1. The lowest BCUT2D eigenvalue weighted by atomic mass is 9.96. The van der Waals surface area contributed by atoms with E-state index in [0.717, 1.165) is 0 Å². The predicted molar refractivity (Wildman–Crippen MR) is 99.8 cm³/mol. The average Bonchev–Trinajstić information content (AvgIpc) is 2.60. The fourth-order valence-corrected chi connectivity index (χ4v) is 2.86. The van der Waals surface area contributed by atoms with Crippen LogP contribution in [0.15, 0.2) is 30.5 Å². The van der Waals surface area contributed by atoms with Crippen molar-refractivity contribution in [3.63, 3.8) is 0 Å². The van der Waals surface area contributed by atoms with Gasteiger partial charge in [-0.3, -0.25) is 9.59 Å². The summed E-state index contributed by atoms with van der Waals surface area (Å²) in [5.74, 6) is -0.903. The van der Waals surface area contributed by atoms with E-state index in [4.69, 9.17) is 17.3 Å². The summed E-state index contributed by atoms with van der Waals surface area (Å²) in [6.07, 6.45) is 2.24. The minimum Gasteiger partial charge on any atom is -0.384 e. The number of nitrogens with zero attached hydrogens (tertiary/aromatic N) is 1. The van der Waals surface area contributed by atoms with Crippen LogP contribution in [0.1, 0.15) is 54.2 Å². The van der Waals surface area contributed by atoms with Crippen LogP contribution in [0.4, 0.5) is 10.2 Å². The highest BCUT2D eigenvalue weighted by Crippen LogP contribution is 2.29. The molecule has 0 aliphatic rings. The third-order valence-corrected chi connectivity index (χ3v) is 4.36. The molecule has 0 radical (unpaired) electrons. The number of nitrogen functional groups attached to an aromatic ring is 1. The van der Waals surface area contributed by atoms with E-state index in [9.17, 15) is 9.59 Å². The zero-order chi connectivity index (χ0) is 19.3. The molecule has 0 fully saturated rings. The Morgan fingerprint density at radius 1 is 1.31 bits per heavy atom. The molecule has 2 aromatic rings. The molecule has 0 saturated heterocycles. The van der Waals surface area contributed by atoms with Crippen LogP contribution < -0.4 is 11.1 Å². The van der Waals surface area contributed by atoms with Crippen molar-refractivity contribution in [3.05, 3.63) is 58.0 Å². The van der Waals surface area contributed by atoms with E-state index in [1.54, 1.807) is 6.07 Å². The van der Waals surface area contributed by atoms with E-state index < -0.39 is 11.6 Å². The largest absolute Gasteiger partial charge is 0.384 e. The lowest BCUT2D eigenvalue weighted by molar-refractivity contribution is -0.116. The number of hydrogen-bond donors (Lipinski definition) is 2. The summed E-state index contributed by atoms with van der Waals surface area (Å²) in [6.45, 7) is 3.83. The van der Waals surface area contributed by atoms with Crippen molar-refractivity contribution in [2.45, 2.75) is 32.7 Å². The van der Waals surface area contributed by atoms with Crippen LogP contribution in [0, 0.1) is 5.82 Å². The highest BCUT2D eigenvalue weighted by atomic mass is 35.5. The van der Waals surface area contributed by atoms with Crippen LogP contribution in [0.2, 0.25) is 5.02 Å². The molecule has 0 amide bonds. The Morgan fingerprint density at radius 3 is 2.62 bits per heavy atom. The van der Waals surface area contributed by atoms with Gasteiger partial charge in [0.2, 0.25) is 0 Å². The number of carbonyl (C=O) groups is 2. The molecule has 0 saturated carbocycles. The van der Waals surface area contributed by atoms with E-state index in [0.29, 0.717) is 24.9 Å². The van der Waals surface area contributed by atoms with Crippen LogP contribution >= 0.6 is 11.6 Å². The molecule has 138 valence electrons. The van der Waals surface area contributed by atoms with Crippen molar-refractivity contribution in [3.8, 4) is 0 Å². The number of rotatable bonds is 8. The van der Waals surface area contributed by atoms with Gasteiger partial charge in [0.25, 0.3) is 0 Å². The molecule has 0 aliphatic heterocycles. The van der Waals surface area contributed by atoms with Gasteiger partial charge in [-0.2, -0.15) is 0 Å². The number of benzene rings is 1. The molecule has 5 nitrogen and oxygen atoms in total. The Hall–Kier alpha value is -2.31. The minimum atomic E-state index is -0.665. The maximum atomic E-state index is 15.1. The topological polar surface area (TPSA) is 85.1 Å². The molecular formula is C19H21ClFN3O2. The lowest BCUT2D eigenvalue weighted by Gasteiger charge is -2.19. The van der Waals surface area contributed by atoms with Crippen molar-refractivity contribution in [1.29, 1.82) is 0 Å². The third kappa shape index (κ3) is 4.65. The molecule has 3 N–H and O–H groups in total. The van der Waals surface area contributed by atoms with Crippen LogP contribution in [-0.4, -0.2) is 23.1 Å². The van der Waals surface area contributed by atoms with Crippen LogP contribution in [-0.2, 0) is 4.79 Å². The smallest absolute Gasteiger partial charge is 0.199 e. The van der Waals surface area contributed by atoms with Gasteiger partial charge in [-0.25, -0.2) is 9.37 Å². The summed E-state index contributed by atoms with van der Waals surface area (Å²) in [7, 11) is 0. The number of nitrogens with two attached hydrogens (primary N) is 1. The van der Waals surface area contributed by atoms with Crippen LogP contribution in [0.3, 0.4) is 0 Å². The van der Waals surface area contributed by atoms with E-state index in [-0.39, 0.29) is 33.8 Å². The first-order chi connectivity index (χ1) is 12.3. The Balaban J connectivity index is 2.36. The highest BCUT2D eigenvalue weighted by Gasteiger charge is 2.24. The standard InChI is InChI=1S/C19H21ClFN3O2/c1-3-15(23-9-8-11(2)25)13-5-6-14(20)17(18(13)21)19(26)12-4-7-16(22)24-10-12/h4-7,10,15,23H,3,8-9H2,1-2H3,(H2,22,24)/t15-/m1/s1. The molecule has 0 spiro atoms. The van der Waals surface area contributed by atoms with Gasteiger partial charge in [0, 0.05) is 36.3 Å². The molecular weight excluding hydrogens is 357 g/mol. The summed E-state index contributed by atoms with van der Waals surface area (Å²) in [4.78, 5) is 27.7. The molecule has 1 atom stereocenters. The van der Waals surface area contributed by atoms with Gasteiger partial charge in [-0.15, -0.1) is 0 Å². The number of halogens is 2. The second-order valence-corrected chi connectivity index (χ2v) is 6.40. The minimum absolute atomic E-state index is 0.0339. The van der Waals surface area contributed by atoms with Crippen molar-refractivity contribution in [2.75, 3.05) is 12.3 Å². The molecule has 1 heterocycles. The monoisotopic (exact) mass is 377 g/mol. The quantitative estimate of drug-likeness (QED) is 0.685. The first kappa shape index (κ1) is 20.0. The molecule has 0 aliphatic carbocycles. The second-order valence-electron chi connectivity index (χ2n) is 5.99. The zero-order valence-corrected chi connectivity index (χ0v) is 15.4. The fourth-order valence-electron chi connectivity index (χ4n) is 2.63. The number of pyridine rings is 1. The number of ketones is 2. The number of nitrogens with one attached hydrogen (secondary N) is 1. The Bertz CT molecular complexity index is 809. The van der Waals surface area contributed by atoms with Gasteiger partial charge in [-0.1, -0.05) is 24.6 Å². The average molecular weight is 378 g/mol. The van der Waals surface area contributed by atoms with Crippen LogP contribution in [0.25, 0.3) is 0 Å². The van der Waals surface area contributed by atoms with E-state index in [1.807, 2.05) is 6.92 Å². The predicted octanol–water partition coefficient (Wildman–Crippen LogP) is 3.71. The summed E-state index contributed by atoms with van der Waals surface area (Å²) in [5.41, 5.74) is 5.87. The van der Waals surface area contributed by atoms with E-state index in [1.165, 1.54) is 31.3 Å². The van der Waals surface area contributed by atoms with Gasteiger partial charge in [-0.05, 0) is 31.5 Å². The summed E-state index contributed by atoms with van der Waals surface area (Å²) < 4.78 is 15.1. The first-order valence-corrected chi connectivity index (χ1v) is 8.69. The third-order valence-electron chi connectivity index (χ3n) is 4.05. The van der Waals surface area contributed by atoms with E-state index in [2.05, 4.69) is 10.3 Å². The number of hydrogen-bond acceptors (Lipinski definition) is 5. The number of carbonyl (C=O) groups excluding carboxylic acids is 2. The van der Waals surface area contributed by atoms with Crippen LogP contribution in [0.5, 0.6) is 0 Å². The maximum absolute atomic E-state index is 15.1. The molecule has 1 aromatic heterocycles. The zero-order valence-electron chi connectivity index (χ0n) is 14.7. The van der Waals surface area contributed by atoms with E-state index >= 15 is 4.39 Å². The molecule has 2 rings (SSSR count). The maximum Gasteiger partial charge on any atom is 0.199 e.